The second-order valence-corrected chi connectivity index (χ2v) is 3.83. The molecule has 0 aliphatic carbocycles. The number of aryl methyl sites for hydroxylation is 1. The average molecular weight is 197 g/mol. The van der Waals surface area contributed by atoms with Crippen LogP contribution in [0, 0.1) is 0 Å². The lowest BCUT2D eigenvalue weighted by molar-refractivity contribution is 0.752. The van der Waals surface area contributed by atoms with Gasteiger partial charge in [-0.25, -0.2) is 0 Å². The Hall–Kier alpha value is -1.04. The van der Waals surface area contributed by atoms with E-state index in [9.17, 15) is 0 Å². The van der Waals surface area contributed by atoms with Gasteiger partial charge in [-0.1, -0.05) is 11.8 Å². The Labute approximate surface area is 80.6 Å². The highest BCUT2D eigenvalue weighted by Gasteiger charge is 2.07. The monoisotopic (exact) mass is 197 g/mol. The molecule has 0 unspecified atom stereocenters. The second kappa shape index (κ2) is 3.78. The van der Waals surface area contributed by atoms with Gasteiger partial charge in [-0.05, 0) is 0 Å². The van der Waals surface area contributed by atoms with Crippen LogP contribution < -0.4 is 5.32 Å². The lowest BCUT2D eigenvalue weighted by Crippen LogP contribution is -2.20. The number of amidine groups is 1. The molecular formula is C7H11N5S. The first-order chi connectivity index (χ1) is 6.36. The van der Waals surface area contributed by atoms with Crippen molar-refractivity contribution in [1.82, 2.24) is 20.1 Å². The Bertz CT molecular complexity index is 318. The summed E-state index contributed by atoms with van der Waals surface area (Å²) in [7, 11) is 1.93. The summed E-state index contributed by atoms with van der Waals surface area (Å²) in [5.74, 6) is 2.01. The zero-order valence-corrected chi connectivity index (χ0v) is 8.21. The number of nitrogens with zero attached hydrogens (tertiary/aromatic N) is 4. The fourth-order valence-electron chi connectivity index (χ4n) is 1.06. The first kappa shape index (κ1) is 8.55. The van der Waals surface area contributed by atoms with E-state index in [1.54, 1.807) is 18.1 Å². The minimum Gasteiger partial charge on any atom is -0.358 e. The predicted molar refractivity (Wildman–Crippen MR) is 52.6 cm³/mol. The van der Waals surface area contributed by atoms with Crippen LogP contribution in [0.3, 0.4) is 0 Å². The molecule has 2 rings (SSSR count). The molecular weight excluding hydrogens is 186 g/mol. The van der Waals surface area contributed by atoms with E-state index in [-0.39, 0.29) is 0 Å². The molecule has 1 aliphatic rings. The second-order valence-electron chi connectivity index (χ2n) is 2.75. The first-order valence-electron chi connectivity index (χ1n) is 4.10. The molecule has 0 radical (unpaired) electrons. The van der Waals surface area contributed by atoms with Crippen LogP contribution in [0.4, 0.5) is 0 Å². The third-order valence-corrected chi connectivity index (χ3v) is 2.72. The summed E-state index contributed by atoms with van der Waals surface area (Å²) in [6.07, 6.45) is 1.70. The number of hydrogen-bond donors (Lipinski definition) is 1. The number of hydrogen-bond acceptors (Lipinski definition) is 5. The van der Waals surface area contributed by atoms with Crippen LogP contribution >= 0.6 is 11.8 Å². The molecule has 0 amide bonds. The van der Waals surface area contributed by atoms with Crippen LogP contribution in [0.2, 0.25) is 0 Å². The van der Waals surface area contributed by atoms with Crippen LogP contribution in [-0.2, 0) is 13.6 Å². The molecule has 0 atom stereocenters. The van der Waals surface area contributed by atoms with Crippen molar-refractivity contribution < 1.29 is 0 Å². The molecule has 13 heavy (non-hydrogen) atoms. The molecule has 5 nitrogen and oxygen atoms in total. The van der Waals surface area contributed by atoms with Crippen molar-refractivity contribution in [2.24, 2.45) is 12.0 Å². The zero-order valence-electron chi connectivity index (χ0n) is 7.40. The summed E-state index contributed by atoms with van der Waals surface area (Å²) in [5.41, 5.74) is 0. The third kappa shape index (κ3) is 2.00. The van der Waals surface area contributed by atoms with Crippen LogP contribution in [0.25, 0.3) is 0 Å². The minimum absolute atomic E-state index is 0.697. The van der Waals surface area contributed by atoms with Crippen LogP contribution in [0.5, 0.6) is 0 Å². The van der Waals surface area contributed by atoms with Gasteiger partial charge in [0, 0.05) is 12.8 Å². The summed E-state index contributed by atoms with van der Waals surface area (Å²) in [4.78, 5) is 4.28. The Morgan fingerprint density at radius 2 is 2.62 bits per heavy atom. The molecule has 0 saturated carbocycles. The highest BCUT2D eigenvalue weighted by molar-refractivity contribution is 8.14. The molecule has 6 heteroatoms. The van der Waals surface area contributed by atoms with Crippen molar-refractivity contribution in [2.45, 2.75) is 6.54 Å². The predicted octanol–water partition coefficient (Wildman–Crippen LogP) is 0.00750. The van der Waals surface area contributed by atoms with Gasteiger partial charge in [-0.15, -0.1) is 10.2 Å². The summed E-state index contributed by atoms with van der Waals surface area (Å²) in [5, 5.41) is 12.0. The Morgan fingerprint density at radius 3 is 3.23 bits per heavy atom. The van der Waals surface area contributed by atoms with Crippen molar-refractivity contribution in [3.63, 3.8) is 0 Å². The van der Waals surface area contributed by atoms with Gasteiger partial charge in [0.05, 0.1) is 13.1 Å². The van der Waals surface area contributed by atoms with Gasteiger partial charge in [-0.2, -0.15) is 0 Å². The van der Waals surface area contributed by atoms with E-state index in [0.717, 1.165) is 23.3 Å². The van der Waals surface area contributed by atoms with Gasteiger partial charge in [-0.3, -0.25) is 4.99 Å². The van der Waals surface area contributed by atoms with Crippen molar-refractivity contribution >= 4 is 16.9 Å². The van der Waals surface area contributed by atoms with Gasteiger partial charge >= 0.3 is 0 Å². The van der Waals surface area contributed by atoms with Gasteiger partial charge in [0.1, 0.15) is 6.33 Å². The minimum atomic E-state index is 0.697. The molecule has 0 spiro atoms. The highest BCUT2D eigenvalue weighted by Crippen LogP contribution is 2.09. The van der Waals surface area contributed by atoms with E-state index >= 15 is 0 Å². The van der Waals surface area contributed by atoms with Gasteiger partial charge < -0.3 is 9.88 Å². The van der Waals surface area contributed by atoms with E-state index in [1.807, 2.05) is 11.6 Å². The molecule has 0 bridgehead atoms. The number of aliphatic imine (C=N–C) groups is 1. The number of aromatic nitrogens is 3. The van der Waals surface area contributed by atoms with Gasteiger partial charge in [0.15, 0.2) is 11.0 Å². The van der Waals surface area contributed by atoms with Crippen molar-refractivity contribution in [3.8, 4) is 0 Å². The Balaban J connectivity index is 1.89. The standard InChI is InChI=1S/C7H11N5S/c1-12-5-10-11-6(12)4-9-7-8-2-3-13-7/h5H,2-4H2,1H3,(H,8,9). The summed E-state index contributed by atoms with van der Waals surface area (Å²) < 4.78 is 1.90. The molecule has 0 aromatic carbocycles. The number of rotatable bonds is 2. The SMILES string of the molecule is Cn1cnnc1CNC1=NCCS1. The molecule has 0 fully saturated rings. The zero-order chi connectivity index (χ0) is 9.10. The molecule has 0 saturated heterocycles. The van der Waals surface area contributed by atoms with E-state index < -0.39 is 0 Å². The quantitative estimate of drug-likeness (QED) is 0.725. The maximum Gasteiger partial charge on any atom is 0.157 e. The van der Waals surface area contributed by atoms with Gasteiger partial charge in [0.2, 0.25) is 0 Å². The Morgan fingerprint density at radius 1 is 1.69 bits per heavy atom. The largest absolute Gasteiger partial charge is 0.358 e. The molecule has 1 aromatic rings. The smallest absolute Gasteiger partial charge is 0.157 e. The van der Waals surface area contributed by atoms with E-state index in [1.165, 1.54) is 0 Å². The van der Waals surface area contributed by atoms with E-state index in [2.05, 4.69) is 20.5 Å². The average Bonchev–Trinajstić information content (AvgIpc) is 2.72. The van der Waals surface area contributed by atoms with Crippen LogP contribution in [0.15, 0.2) is 11.3 Å². The van der Waals surface area contributed by atoms with Crippen molar-refractivity contribution in [2.75, 3.05) is 12.3 Å². The molecule has 1 aromatic heterocycles. The highest BCUT2D eigenvalue weighted by atomic mass is 32.2. The maximum atomic E-state index is 4.28. The molecule has 2 heterocycles. The molecule has 70 valence electrons. The number of thioether (sulfide) groups is 1. The summed E-state index contributed by atoms with van der Waals surface area (Å²) in [6, 6.07) is 0. The summed E-state index contributed by atoms with van der Waals surface area (Å²) >= 11 is 1.75. The van der Waals surface area contributed by atoms with Crippen molar-refractivity contribution in [3.05, 3.63) is 12.2 Å². The third-order valence-electron chi connectivity index (χ3n) is 1.79. The Kier molecular flexibility index (Phi) is 2.49. The first-order valence-corrected chi connectivity index (χ1v) is 5.09. The van der Waals surface area contributed by atoms with E-state index in [0.29, 0.717) is 6.54 Å². The lowest BCUT2D eigenvalue weighted by Gasteiger charge is -2.03. The molecule has 1 aliphatic heterocycles. The topological polar surface area (TPSA) is 55.1 Å². The van der Waals surface area contributed by atoms with E-state index in [4.69, 9.17) is 0 Å². The van der Waals surface area contributed by atoms with Crippen LogP contribution in [-0.4, -0.2) is 32.2 Å². The van der Waals surface area contributed by atoms with Crippen molar-refractivity contribution in [1.29, 1.82) is 0 Å². The lowest BCUT2D eigenvalue weighted by atomic mass is 10.6. The summed E-state index contributed by atoms with van der Waals surface area (Å²) in [6.45, 7) is 1.62. The fraction of sp³-hybridized carbons (Fsp3) is 0.571. The normalized spacial score (nSPS) is 15.9. The van der Waals surface area contributed by atoms with Crippen LogP contribution in [0.1, 0.15) is 5.82 Å². The molecule has 1 N–H and O–H groups in total. The number of nitrogens with one attached hydrogen (secondary N) is 1. The van der Waals surface area contributed by atoms with Gasteiger partial charge in [0.25, 0.3) is 0 Å². The maximum absolute atomic E-state index is 4.28. The fourth-order valence-corrected chi connectivity index (χ4v) is 1.80.